The van der Waals surface area contributed by atoms with E-state index in [1.54, 1.807) is 66.4 Å². The molecule has 3 aromatic rings. The first-order chi connectivity index (χ1) is 16.7. The van der Waals surface area contributed by atoms with Crippen molar-refractivity contribution >= 4 is 45.1 Å². The van der Waals surface area contributed by atoms with Gasteiger partial charge < -0.3 is 14.1 Å². The fraction of sp³-hybridized carbons (Fsp3) is 0.120. The van der Waals surface area contributed by atoms with Crippen molar-refractivity contribution in [3.05, 3.63) is 100 Å². The minimum absolute atomic E-state index is 0.0834. The number of carbonyl (C=O) groups is 2. The van der Waals surface area contributed by atoms with E-state index in [4.69, 9.17) is 20.8 Å². The minimum atomic E-state index is -3.71. The van der Waals surface area contributed by atoms with Crippen LogP contribution in [0.5, 0.6) is 0 Å². The number of nitrogens with zero attached hydrogens (tertiary/aromatic N) is 1. The van der Waals surface area contributed by atoms with Gasteiger partial charge >= 0.3 is 5.97 Å². The van der Waals surface area contributed by atoms with E-state index in [-0.39, 0.29) is 22.7 Å². The van der Waals surface area contributed by atoms with Crippen LogP contribution in [-0.2, 0) is 30.9 Å². The maximum atomic E-state index is 13.2. The molecule has 0 amide bonds. The van der Waals surface area contributed by atoms with Gasteiger partial charge in [0.1, 0.15) is 17.1 Å². The molecule has 8 nitrogen and oxygen atoms in total. The number of Topliss-reactive ketones (excluding diaryl/α,β-unsaturated/α-hetero) is 1. The number of halogens is 1. The van der Waals surface area contributed by atoms with Crippen LogP contribution in [0.4, 0.5) is 5.69 Å². The molecule has 180 valence electrons. The number of furan rings is 1. The van der Waals surface area contributed by atoms with Crippen LogP contribution in [0.25, 0.3) is 6.08 Å². The first kappa shape index (κ1) is 24.5. The highest BCUT2D eigenvalue weighted by Gasteiger charge is 2.38. The third-order valence-corrected chi connectivity index (χ3v) is 6.99. The van der Waals surface area contributed by atoms with Gasteiger partial charge in [0.2, 0.25) is 15.8 Å². The molecular formula is C25H21ClN2O6S. The van der Waals surface area contributed by atoms with Crippen LogP contribution in [0.1, 0.15) is 18.4 Å². The molecule has 0 saturated carbocycles. The number of ketones is 1. The van der Waals surface area contributed by atoms with E-state index in [9.17, 15) is 18.0 Å². The first-order valence-electron chi connectivity index (χ1n) is 10.5. The SMILES string of the molecule is COC(=O)C1=C(C)N(c2ccc(Cl)cc2)/C(=C/c2ccc(CNS(=O)(=O)c3ccccc3)o2)C1=O. The number of anilines is 1. The van der Waals surface area contributed by atoms with Crippen molar-refractivity contribution in [1.82, 2.24) is 4.72 Å². The van der Waals surface area contributed by atoms with Crippen LogP contribution in [-0.4, -0.2) is 27.3 Å². The maximum absolute atomic E-state index is 13.2. The number of rotatable bonds is 7. The van der Waals surface area contributed by atoms with E-state index in [0.717, 1.165) is 0 Å². The van der Waals surface area contributed by atoms with Crippen molar-refractivity contribution in [2.75, 3.05) is 12.0 Å². The number of sulfonamides is 1. The molecule has 35 heavy (non-hydrogen) atoms. The quantitative estimate of drug-likeness (QED) is 0.286. The van der Waals surface area contributed by atoms with Gasteiger partial charge in [-0.15, -0.1) is 0 Å². The number of methoxy groups -OCH3 is 1. The maximum Gasteiger partial charge on any atom is 0.343 e. The highest BCUT2D eigenvalue weighted by molar-refractivity contribution is 7.89. The van der Waals surface area contributed by atoms with Gasteiger partial charge in [-0.05, 0) is 55.5 Å². The molecule has 10 heteroatoms. The standard InChI is InChI=1S/C25H21ClN2O6S/c1-16-23(25(30)33-2)24(29)22(28(16)18-10-8-17(26)9-11-18)14-19-12-13-20(34-19)15-27-35(31,32)21-6-4-3-5-7-21/h3-14,27H,15H2,1-2H3/b22-14+. The molecule has 1 aliphatic heterocycles. The number of esters is 1. The summed E-state index contributed by atoms with van der Waals surface area (Å²) in [6.07, 6.45) is 1.49. The smallest absolute Gasteiger partial charge is 0.343 e. The molecule has 0 atom stereocenters. The van der Waals surface area contributed by atoms with Gasteiger partial charge in [0, 0.05) is 22.5 Å². The number of allylic oxidation sites excluding steroid dienone is 2. The van der Waals surface area contributed by atoms with Crippen LogP contribution in [0.2, 0.25) is 5.02 Å². The summed E-state index contributed by atoms with van der Waals surface area (Å²) in [6.45, 7) is 1.56. The molecular weight excluding hydrogens is 492 g/mol. The number of nitrogens with one attached hydrogen (secondary N) is 1. The third kappa shape index (κ3) is 5.07. The van der Waals surface area contributed by atoms with Crippen molar-refractivity contribution < 1.29 is 27.2 Å². The highest BCUT2D eigenvalue weighted by Crippen LogP contribution is 2.36. The summed E-state index contributed by atoms with van der Waals surface area (Å²) in [6, 6.07) is 18.0. The van der Waals surface area contributed by atoms with Crippen molar-refractivity contribution in [2.24, 2.45) is 0 Å². The number of carbonyl (C=O) groups excluding carboxylic acids is 2. The van der Waals surface area contributed by atoms with Gasteiger partial charge in [0.15, 0.2) is 0 Å². The summed E-state index contributed by atoms with van der Waals surface area (Å²) in [7, 11) is -2.50. The van der Waals surface area contributed by atoms with Crippen LogP contribution < -0.4 is 9.62 Å². The van der Waals surface area contributed by atoms with Gasteiger partial charge in [0.25, 0.3) is 0 Å². The van der Waals surface area contributed by atoms with Gasteiger partial charge in [-0.2, -0.15) is 0 Å². The number of hydrogen-bond donors (Lipinski definition) is 1. The monoisotopic (exact) mass is 512 g/mol. The van der Waals surface area contributed by atoms with Crippen LogP contribution in [0.15, 0.2) is 93.0 Å². The molecule has 0 spiro atoms. The van der Waals surface area contributed by atoms with E-state index in [0.29, 0.717) is 27.9 Å². The molecule has 2 aromatic carbocycles. The Balaban J connectivity index is 1.62. The van der Waals surface area contributed by atoms with Gasteiger partial charge in [0.05, 0.1) is 24.2 Å². The van der Waals surface area contributed by atoms with E-state index < -0.39 is 21.8 Å². The fourth-order valence-electron chi connectivity index (χ4n) is 3.63. The largest absolute Gasteiger partial charge is 0.465 e. The van der Waals surface area contributed by atoms with Crippen LogP contribution in [0.3, 0.4) is 0 Å². The topological polar surface area (TPSA) is 106 Å². The zero-order valence-electron chi connectivity index (χ0n) is 18.8. The van der Waals surface area contributed by atoms with E-state index in [1.165, 1.54) is 25.3 Å². The van der Waals surface area contributed by atoms with Gasteiger partial charge in [-0.1, -0.05) is 29.8 Å². The second-order valence-corrected chi connectivity index (χ2v) is 9.77. The Kier molecular flexibility index (Phi) is 6.93. The van der Waals surface area contributed by atoms with Crippen LogP contribution >= 0.6 is 11.6 Å². The molecule has 1 aliphatic rings. The Bertz CT molecular complexity index is 1440. The predicted molar refractivity (Wildman–Crippen MR) is 131 cm³/mol. The lowest BCUT2D eigenvalue weighted by molar-refractivity contribution is -0.137. The third-order valence-electron chi connectivity index (χ3n) is 5.32. The molecule has 0 radical (unpaired) electrons. The highest BCUT2D eigenvalue weighted by atomic mass is 35.5. The average molecular weight is 513 g/mol. The van der Waals surface area contributed by atoms with E-state index >= 15 is 0 Å². The normalized spacial score (nSPS) is 15.2. The average Bonchev–Trinajstić information content (AvgIpc) is 3.40. The summed E-state index contributed by atoms with van der Waals surface area (Å²) in [5.74, 6) is -0.616. The zero-order chi connectivity index (χ0) is 25.2. The summed E-state index contributed by atoms with van der Waals surface area (Å²) in [5, 5.41) is 0.522. The molecule has 2 heterocycles. The van der Waals surface area contributed by atoms with Crippen molar-refractivity contribution in [3.63, 3.8) is 0 Å². The molecule has 4 rings (SSSR count). The van der Waals surface area contributed by atoms with Crippen molar-refractivity contribution in [1.29, 1.82) is 0 Å². The number of benzene rings is 2. The van der Waals surface area contributed by atoms with Crippen LogP contribution in [0, 0.1) is 0 Å². The molecule has 0 unspecified atom stereocenters. The second kappa shape index (κ2) is 9.91. The molecule has 1 N–H and O–H groups in total. The Morgan fingerprint density at radius 3 is 2.43 bits per heavy atom. The molecule has 0 saturated heterocycles. The Morgan fingerprint density at radius 1 is 1.09 bits per heavy atom. The molecule has 1 aromatic heterocycles. The Morgan fingerprint density at radius 2 is 1.77 bits per heavy atom. The second-order valence-electron chi connectivity index (χ2n) is 7.56. The molecule has 0 aliphatic carbocycles. The number of ether oxygens (including phenoxy) is 1. The van der Waals surface area contributed by atoms with E-state index in [1.807, 2.05) is 0 Å². The molecule has 0 bridgehead atoms. The Labute approximate surface area is 207 Å². The van der Waals surface area contributed by atoms with Crippen molar-refractivity contribution in [2.45, 2.75) is 18.4 Å². The Hall–Kier alpha value is -3.66. The lowest BCUT2D eigenvalue weighted by Gasteiger charge is -2.21. The number of hydrogen-bond acceptors (Lipinski definition) is 7. The first-order valence-corrected chi connectivity index (χ1v) is 12.3. The van der Waals surface area contributed by atoms with Gasteiger partial charge in [-0.25, -0.2) is 17.9 Å². The fourth-order valence-corrected chi connectivity index (χ4v) is 4.77. The summed E-state index contributed by atoms with van der Waals surface area (Å²) in [4.78, 5) is 27.2. The molecule has 0 fully saturated rings. The lowest BCUT2D eigenvalue weighted by atomic mass is 10.1. The van der Waals surface area contributed by atoms with E-state index in [2.05, 4.69) is 4.72 Å². The summed E-state index contributed by atoms with van der Waals surface area (Å²) in [5.41, 5.74) is 1.11. The zero-order valence-corrected chi connectivity index (χ0v) is 20.4. The van der Waals surface area contributed by atoms with Crippen molar-refractivity contribution in [3.8, 4) is 0 Å². The minimum Gasteiger partial charge on any atom is -0.465 e. The van der Waals surface area contributed by atoms with Gasteiger partial charge in [-0.3, -0.25) is 4.79 Å². The predicted octanol–water partition coefficient (Wildman–Crippen LogP) is 4.29. The summed E-state index contributed by atoms with van der Waals surface area (Å²) >= 11 is 6.00. The lowest BCUT2D eigenvalue weighted by Crippen LogP contribution is -2.22. The summed E-state index contributed by atoms with van der Waals surface area (Å²) < 4.78 is 37.9.